The fourth-order valence-corrected chi connectivity index (χ4v) is 1.37. The molecule has 1 rings (SSSR count). The molecule has 0 aromatic heterocycles. The van der Waals surface area contributed by atoms with Gasteiger partial charge in [-0.3, -0.25) is 9.59 Å². The lowest BCUT2D eigenvalue weighted by Crippen LogP contribution is -2.01. The van der Waals surface area contributed by atoms with Crippen molar-refractivity contribution in [1.82, 2.24) is 0 Å². The quantitative estimate of drug-likeness (QED) is 0.479. The molecule has 0 atom stereocenters. The molecule has 0 spiro atoms. The minimum atomic E-state index is -0.310. The van der Waals surface area contributed by atoms with Crippen molar-refractivity contribution >= 4 is 27.7 Å². The number of benzene rings is 1. The highest BCUT2D eigenvalue weighted by molar-refractivity contribution is 9.09. The van der Waals surface area contributed by atoms with Crippen molar-refractivity contribution in [3.63, 3.8) is 0 Å². The number of hydrogen-bond acceptors (Lipinski definition) is 3. The van der Waals surface area contributed by atoms with Crippen molar-refractivity contribution in [2.75, 3.05) is 5.33 Å². The second-order valence-electron chi connectivity index (χ2n) is 3.03. The molecule has 0 aliphatic heterocycles. The number of ether oxygens (including phenoxy) is 1. The zero-order valence-electron chi connectivity index (χ0n) is 8.33. The molecule has 4 heteroatoms. The average Bonchev–Trinajstić information content (AvgIpc) is 2.26. The van der Waals surface area contributed by atoms with E-state index in [2.05, 4.69) is 15.9 Å². The highest BCUT2D eigenvalue weighted by Gasteiger charge is 2.03. The molecule has 0 saturated heterocycles. The zero-order chi connectivity index (χ0) is 11.3. The predicted molar refractivity (Wildman–Crippen MR) is 60.0 cm³/mol. The molecule has 0 aliphatic carbocycles. The maximum atomic E-state index is 11.3. The lowest BCUT2D eigenvalue weighted by atomic mass is 10.1. The van der Waals surface area contributed by atoms with Gasteiger partial charge in [0.05, 0.1) is 5.33 Å². The van der Waals surface area contributed by atoms with Gasteiger partial charge in [0, 0.05) is 12.5 Å². The van der Waals surface area contributed by atoms with E-state index in [0.717, 1.165) is 5.56 Å². The predicted octanol–water partition coefficient (Wildman–Crippen LogP) is 2.33. The van der Waals surface area contributed by atoms with Crippen molar-refractivity contribution in [2.45, 2.75) is 13.5 Å². The van der Waals surface area contributed by atoms with Crippen LogP contribution in [0.1, 0.15) is 22.8 Å². The Labute approximate surface area is 96.6 Å². The van der Waals surface area contributed by atoms with Gasteiger partial charge in [0.25, 0.3) is 0 Å². The summed E-state index contributed by atoms with van der Waals surface area (Å²) in [7, 11) is 0. The molecule has 0 bridgehead atoms. The number of halogens is 1. The van der Waals surface area contributed by atoms with Crippen molar-refractivity contribution in [2.24, 2.45) is 0 Å². The number of rotatable bonds is 4. The molecule has 3 nitrogen and oxygen atoms in total. The molecular formula is C11H11BrO3. The molecule has 0 radical (unpaired) electrons. The summed E-state index contributed by atoms with van der Waals surface area (Å²) in [5.74, 6) is -0.273. The Bertz CT molecular complexity index is 357. The van der Waals surface area contributed by atoms with Crippen LogP contribution in [0.5, 0.6) is 0 Å². The van der Waals surface area contributed by atoms with Gasteiger partial charge in [-0.25, -0.2) is 0 Å². The van der Waals surface area contributed by atoms with Crippen LogP contribution in [0.15, 0.2) is 24.3 Å². The number of Topliss-reactive ketones (excluding diaryl/α,β-unsaturated/α-hetero) is 1. The first kappa shape index (κ1) is 11.9. The maximum Gasteiger partial charge on any atom is 0.302 e. The standard InChI is InChI=1S/C11H11BrO3/c1-8(13)15-7-9-2-4-10(5-3-9)11(14)6-12/h2-5H,6-7H2,1H3. The van der Waals surface area contributed by atoms with Crippen LogP contribution in [-0.2, 0) is 16.1 Å². The van der Waals surface area contributed by atoms with Crippen LogP contribution >= 0.6 is 15.9 Å². The summed E-state index contributed by atoms with van der Waals surface area (Å²) < 4.78 is 4.82. The number of alkyl halides is 1. The van der Waals surface area contributed by atoms with Gasteiger partial charge in [-0.2, -0.15) is 0 Å². The molecule has 1 aromatic carbocycles. The van der Waals surface area contributed by atoms with Crippen molar-refractivity contribution in [1.29, 1.82) is 0 Å². The third-order valence-corrected chi connectivity index (χ3v) is 2.35. The Hall–Kier alpha value is -1.16. The molecule has 80 valence electrons. The van der Waals surface area contributed by atoms with E-state index in [-0.39, 0.29) is 18.4 Å². The highest BCUT2D eigenvalue weighted by atomic mass is 79.9. The fourth-order valence-electron chi connectivity index (χ4n) is 1.05. The van der Waals surface area contributed by atoms with Crippen molar-refractivity contribution < 1.29 is 14.3 Å². The van der Waals surface area contributed by atoms with Gasteiger partial charge in [0.15, 0.2) is 5.78 Å². The maximum absolute atomic E-state index is 11.3. The van der Waals surface area contributed by atoms with Crippen molar-refractivity contribution in [3.8, 4) is 0 Å². The Kier molecular flexibility index (Phi) is 4.49. The Morgan fingerprint density at radius 2 is 1.87 bits per heavy atom. The van der Waals surface area contributed by atoms with Crippen LogP contribution in [0.2, 0.25) is 0 Å². The van der Waals surface area contributed by atoms with Crippen LogP contribution in [0.3, 0.4) is 0 Å². The van der Waals surface area contributed by atoms with Crippen LogP contribution in [0.25, 0.3) is 0 Å². The van der Waals surface area contributed by atoms with Crippen LogP contribution in [-0.4, -0.2) is 17.1 Å². The summed E-state index contributed by atoms with van der Waals surface area (Å²) >= 11 is 3.10. The van der Waals surface area contributed by atoms with E-state index in [0.29, 0.717) is 10.9 Å². The van der Waals surface area contributed by atoms with Gasteiger partial charge >= 0.3 is 5.97 Å². The molecule has 0 aliphatic rings. The van der Waals surface area contributed by atoms with Crippen LogP contribution < -0.4 is 0 Å². The molecule has 0 amide bonds. The molecule has 0 saturated carbocycles. The lowest BCUT2D eigenvalue weighted by Gasteiger charge is -2.02. The van der Waals surface area contributed by atoms with Crippen LogP contribution in [0.4, 0.5) is 0 Å². The van der Waals surface area contributed by atoms with E-state index in [4.69, 9.17) is 4.74 Å². The summed E-state index contributed by atoms with van der Waals surface area (Å²) in [5, 5.41) is 0.316. The van der Waals surface area contributed by atoms with E-state index in [1.54, 1.807) is 24.3 Å². The van der Waals surface area contributed by atoms with Gasteiger partial charge in [0.2, 0.25) is 0 Å². The Morgan fingerprint density at radius 1 is 1.27 bits per heavy atom. The van der Waals surface area contributed by atoms with Gasteiger partial charge in [-0.15, -0.1) is 0 Å². The van der Waals surface area contributed by atoms with Gasteiger partial charge in [-0.1, -0.05) is 40.2 Å². The van der Waals surface area contributed by atoms with E-state index >= 15 is 0 Å². The smallest absolute Gasteiger partial charge is 0.302 e. The molecule has 1 aromatic rings. The average molecular weight is 271 g/mol. The second kappa shape index (κ2) is 5.66. The Morgan fingerprint density at radius 3 is 2.33 bits per heavy atom. The highest BCUT2D eigenvalue weighted by Crippen LogP contribution is 2.07. The van der Waals surface area contributed by atoms with Gasteiger partial charge in [0.1, 0.15) is 6.61 Å². The van der Waals surface area contributed by atoms with E-state index < -0.39 is 0 Å². The monoisotopic (exact) mass is 270 g/mol. The lowest BCUT2D eigenvalue weighted by molar-refractivity contribution is -0.142. The van der Waals surface area contributed by atoms with Gasteiger partial charge < -0.3 is 4.74 Å². The molecule has 0 fully saturated rings. The van der Waals surface area contributed by atoms with Crippen molar-refractivity contribution in [3.05, 3.63) is 35.4 Å². The van der Waals surface area contributed by atoms with E-state index in [9.17, 15) is 9.59 Å². The summed E-state index contributed by atoms with van der Waals surface area (Å²) in [6.45, 7) is 1.61. The minimum absolute atomic E-state index is 0.0361. The summed E-state index contributed by atoms with van der Waals surface area (Å²) in [6.07, 6.45) is 0. The SMILES string of the molecule is CC(=O)OCc1ccc(C(=O)CBr)cc1. The summed E-state index contributed by atoms with van der Waals surface area (Å²) in [5.41, 5.74) is 1.52. The first-order valence-corrected chi connectivity index (χ1v) is 5.57. The summed E-state index contributed by atoms with van der Waals surface area (Å²) in [6, 6.07) is 7.00. The number of carbonyl (C=O) groups excluding carboxylic acids is 2. The number of carbonyl (C=O) groups is 2. The second-order valence-corrected chi connectivity index (χ2v) is 3.59. The summed E-state index contributed by atoms with van der Waals surface area (Å²) in [4.78, 5) is 21.8. The number of ketones is 1. The number of hydrogen-bond donors (Lipinski definition) is 0. The normalized spacial score (nSPS) is 9.73. The third kappa shape index (κ3) is 3.83. The molecule has 15 heavy (non-hydrogen) atoms. The largest absolute Gasteiger partial charge is 0.461 e. The minimum Gasteiger partial charge on any atom is -0.461 e. The number of esters is 1. The first-order chi connectivity index (χ1) is 7.13. The Balaban J connectivity index is 2.64. The first-order valence-electron chi connectivity index (χ1n) is 4.45. The van der Waals surface area contributed by atoms with E-state index in [1.165, 1.54) is 6.92 Å². The third-order valence-electron chi connectivity index (χ3n) is 1.84. The van der Waals surface area contributed by atoms with Crippen LogP contribution in [0, 0.1) is 0 Å². The zero-order valence-corrected chi connectivity index (χ0v) is 9.91. The van der Waals surface area contributed by atoms with E-state index in [1.807, 2.05) is 0 Å². The fraction of sp³-hybridized carbons (Fsp3) is 0.273. The molecule has 0 N–H and O–H groups in total. The molecule has 0 heterocycles. The van der Waals surface area contributed by atoms with Gasteiger partial charge in [-0.05, 0) is 5.56 Å². The molecular weight excluding hydrogens is 260 g/mol. The molecule has 0 unspecified atom stereocenters. The topological polar surface area (TPSA) is 43.4 Å².